The first-order chi connectivity index (χ1) is 25.4. The lowest BCUT2D eigenvalue weighted by Crippen LogP contribution is -2.30. The van der Waals surface area contributed by atoms with Crippen molar-refractivity contribution < 1.29 is 23.9 Å². The quantitative estimate of drug-likeness (QED) is 0.0817. The number of ether oxygens (including phenoxy) is 2. The molecule has 8 nitrogen and oxygen atoms in total. The number of benzene rings is 6. The van der Waals surface area contributed by atoms with E-state index < -0.39 is 17.1 Å². The van der Waals surface area contributed by atoms with Crippen LogP contribution in [0.25, 0.3) is 6.08 Å². The van der Waals surface area contributed by atoms with E-state index in [1.54, 1.807) is 86.0 Å². The van der Waals surface area contributed by atoms with Gasteiger partial charge in [-0.2, -0.15) is 0 Å². The zero-order valence-corrected chi connectivity index (χ0v) is 29.0. The molecule has 0 bridgehead atoms. The molecule has 0 aliphatic rings. The molecule has 0 aromatic heterocycles. The molecule has 0 fully saturated rings. The summed E-state index contributed by atoms with van der Waals surface area (Å²) in [4.78, 5) is 41.1. The number of anilines is 2. The number of hydrogen-bond donors (Lipinski definition) is 3. The second kappa shape index (κ2) is 17.4. The van der Waals surface area contributed by atoms with Crippen molar-refractivity contribution in [3.05, 3.63) is 186 Å². The summed E-state index contributed by atoms with van der Waals surface area (Å²) in [7, 11) is 1.58. The fraction of sp³-hybridized carbons (Fsp3) is 0.0465. The van der Waals surface area contributed by atoms with Crippen LogP contribution in [-0.2, 0) is 9.59 Å². The molecule has 0 aliphatic heterocycles. The van der Waals surface area contributed by atoms with Gasteiger partial charge in [0, 0.05) is 21.8 Å². The van der Waals surface area contributed by atoms with Crippen LogP contribution in [-0.4, -0.2) is 24.8 Å². The van der Waals surface area contributed by atoms with Gasteiger partial charge in [-0.1, -0.05) is 78.9 Å². The summed E-state index contributed by atoms with van der Waals surface area (Å²) in [6, 6.07) is 49.3. The van der Waals surface area contributed by atoms with Crippen LogP contribution in [0.2, 0.25) is 0 Å². The third-order valence-electron chi connectivity index (χ3n) is 7.76. The number of rotatable bonds is 13. The van der Waals surface area contributed by atoms with E-state index in [-0.39, 0.29) is 11.6 Å². The second-order valence-corrected chi connectivity index (χ2v) is 12.6. The lowest BCUT2D eigenvalue weighted by atomic mass is 10.1. The Hall–Kier alpha value is -6.58. The predicted octanol–water partition coefficient (Wildman–Crippen LogP) is 9.37. The minimum Gasteiger partial charge on any atom is -0.497 e. The molecule has 1 atom stereocenters. The van der Waals surface area contributed by atoms with Crippen molar-refractivity contribution in [2.45, 2.75) is 10.1 Å². The van der Waals surface area contributed by atoms with E-state index in [0.29, 0.717) is 34.0 Å². The largest absolute Gasteiger partial charge is 0.497 e. The first-order valence-electron chi connectivity index (χ1n) is 16.4. The van der Waals surface area contributed by atoms with Gasteiger partial charge < -0.3 is 25.4 Å². The number of carbonyl (C=O) groups excluding carboxylic acids is 3. The van der Waals surface area contributed by atoms with Gasteiger partial charge >= 0.3 is 0 Å². The minimum atomic E-state index is -0.561. The molecule has 1 unspecified atom stereocenters. The molecule has 0 heterocycles. The van der Waals surface area contributed by atoms with Crippen LogP contribution in [0, 0.1) is 0 Å². The first-order valence-corrected chi connectivity index (χ1v) is 17.3. The molecule has 0 spiro atoms. The number of thioether (sulfide) groups is 1. The summed E-state index contributed by atoms with van der Waals surface area (Å²) in [5, 5.41) is 8.11. The smallest absolute Gasteiger partial charge is 0.272 e. The third-order valence-corrected chi connectivity index (χ3v) is 9.03. The van der Waals surface area contributed by atoms with E-state index in [1.165, 1.54) is 11.8 Å². The third kappa shape index (κ3) is 9.77. The summed E-state index contributed by atoms with van der Waals surface area (Å²) in [6.07, 6.45) is 1.60. The lowest BCUT2D eigenvalue weighted by Gasteiger charge is -2.18. The van der Waals surface area contributed by atoms with Crippen molar-refractivity contribution in [3.63, 3.8) is 0 Å². The van der Waals surface area contributed by atoms with Gasteiger partial charge in [0.05, 0.1) is 7.11 Å². The molecule has 6 aromatic rings. The standard InChI is InChI=1S/C43H35N3O5S/c1-50-35-23-17-30(18-24-35)29-39(46-41(47)32-13-7-3-8-14-32)42(48)44-34-21-27-38(28-22-34)52-40(31-11-5-2-6-12-31)43(49)45-33-19-25-37(26-20-33)51-36-15-9-4-10-16-36/h2-29,40H,1H3,(H,44,48)(H,45,49)(H,46,47)/b39-29-. The van der Waals surface area contributed by atoms with Crippen LogP contribution >= 0.6 is 11.8 Å². The molecule has 52 heavy (non-hydrogen) atoms. The molecular weight excluding hydrogens is 671 g/mol. The highest BCUT2D eigenvalue weighted by molar-refractivity contribution is 8.00. The van der Waals surface area contributed by atoms with Crippen molar-refractivity contribution in [3.8, 4) is 17.2 Å². The van der Waals surface area contributed by atoms with Crippen molar-refractivity contribution >= 4 is 46.9 Å². The van der Waals surface area contributed by atoms with Gasteiger partial charge in [0.15, 0.2) is 0 Å². The van der Waals surface area contributed by atoms with Gasteiger partial charge in [-0.05, 0) is 102 Å². The minimum absolute atomic E-state index is 0.0675. The number of carbonyl (C=O) groups is 3. The highest BCUT2D eigenvalue weighted by atomic mass is 32.2. The molecule has 0 saturated carbocycles. The van der Waals surface area contributed by atoms with E-state index in [1.807, 2.05) is 91.0 Å². The fourth-order valence-electron chi connectivity index (χ4n) is 5.10. The Kier molecular flexibility index (Phi) is 11.8. The SMILES string of the molecule is COc1ccc(/C=C(\NC(=O)c2ccccc2)C(=O)Nc2ccc(SC(C(=O)Nc3ccc(Oc4ccccc4)cc3)c3ccccc3)cc2)cc1. The Morgan fingerprint density at radius 2 is 1.13 bits per heavy atom. The molecule has 6 rings (SSSR count). The van der Waals surface area contributed by atoms with E-state index in [9.17, 15) is 14.4 Å². The van der Waals surface area contributed by atoms with Crippen molar-refractivity contribution in [2.24, 2.45) is 0 Å². The number of para-hydroxylation sites is 1. The Morgan fingerprint density at radius 1 is 0.596 bits per heavy atom. The van der Waals surface area contributed by atoms with Crippen LogP contribution in [0.5, 0.6) is 17.2 Å². The van der Waals surface area contributed by atoms with Crippen LogP contribution in [0.3, 0.4) is 0 Å². The highest BCUT2D eigenvalue weighted by Gasteiger charge is 2.23. The lowest BCUT2D eigenvalue weighted by molar-refractivity contribution is -0.116. The Balaban J connectivity index is 1.15. The number of methoxy groups -OCH3 is 1. The van der Waals surface area contributed by atoms with Crippen LogP contribution in [0.1, 0.15) is 26.7 Å². The van der Waals surface area contributed by atoms with E-state index in [4.69, 9.17) is 9.47 Å². The molecule has 0 radical (unpaired) electrons. The Bertz CT molecular complexity index is 2120. The maximum Gasteiger partial charge on any atom is 0.272 e. The molecule has 3 amide bonds. The van der Waals surface area contributed by atoms with Crippen molar-refractivity contribution in [1.82, 2.24) is 5.32 Å². The molecule has 3 N–H and O–H groups in total. The zero-order valence-electron chi connectivity index (χ0n) is 28.2. The van der Waals surface area contributed by atoms with Crippen LogP contribution < -0.4 is 25.4 Å². The van der Waals surface area contributed by atoms with Gasteiger partial charge in [0.1, 0.15) is 28.2 Å². The van der Waals surface area contributed by atoms with Gasteiger partial charge in [-0.3, -0.25) is 14.4 Å². The summed E-state index contributed by atoms with van der Waals surface area (Å²) in [5.74, 6) is 0.960. The van der Waals surface area contributed by atoms with Gasteiger partial charge in [0.25, 0.3) is 11.8 Å². The number of hydrogen-bond acceptors (Lipinski definition) is 6. The van der Waals surface area contributed by atoms with Crippen LogP contribution in [0.15, 0.2) is 174 Å². The average Bonchev–Trinajstić information content (AvgIpc) is 3.19. The first kappa shape index (κ1) is 35.3. The van der Waals surface area contributed by atoms with Crippen molar-refractivity contribution in [2.75, 3.05) is 17.7 Å². The molecule has 9 heteroatoms. The topological polar surface area (TPSA) is 106 Å². The molecular formula is C43H35N3O5S. The Labute approximate surface area is 306 Å². The van der Waals surface area contributed by atoms with Crippen LogP contribution in [0.4, 0.5) is 11.4 Å². The second-order valence-electron chi connectivity index (χ2n) is 11.5. The number of nitrogens with one attached hydrogen (secondary N) is 3. The van der Waals surface area contributed by atoms with Gasteiger partial charge in [-0.15, -0.1) is 11.8 Å². The van der Waals surface area contributed by atoms with E-state index >= 15 is 0 Å². The molecule has 0 saturated heterocycles. The predicted molar refractivity (Wildman–Crippen MR) is 207 cm³/mol. The number of amides is 3. The maximum atomic E-state index is 13.7. The molecule has 258 valence electrons. The van der Waals surface area contributed by atoms with Crippen molar-refractivity contribution in [1.29, 1.82) is 0 Å². The monoisotopic (exact) mass is 705 g/mol. The van der Waals surface area contributed by atoms with E-state index in [2.05, 4.69) is 16.0 Å². The zero-order chi connectivity index (χ0) is 36.1. The summed E-state index contributed by atoms with van der Waals surface area (Å²) >= 11 is 1.39. The fourth-order valence-corrected chi connectivity index (χ4v) is 6.12. The maximum absolute atomic E-state index is 13.7. The molecule has 0 aliphatic carbocycles. The average molecular weight is 706 g/mol. The van der Waals surface area contributed by atoms with E-state index in [0.717, 1.165) is 16.2 Å². The highest BCUT2D eigenvalue weighted by Crippen LogP contribution is 2.37. The summed E-state index contributed by atoms with van der Waals surface area (Å²) in [5.41, 5.74) is 3.19. The van der Waals surface area contributed by atoms with Gasteiger partial charge in [0.2, 0.25) is 5.91 Å². The Morgan fingerprint density at radius 3 is 1.77 bits per heavy atom. The summed E-state index contributed by atoms with van der Waals surface area (Å²) < 4.78 is 11.1. The normalized spacial score (nSPS) is 11.5. The molecule has 6 aromatic carbocycles. The summed E-state index contributed by atoms with van der Waals surface area (Å²) in [6.45, 7) is 0. The van der Waals surface area contributed by atoms with Gasteiger partial charge in [-0.25, -0.2) is 0 Å².